The first-order valence-corrected chi connectivity index (χ1v) is 6.27. The number of nitrogens with one attached hydrogen (secondary N) is 1. The van der Waals surface area contributed by atoms with Gasteiger partial charge >= 0.3 is 5.69 Å². The van der Waals surface area contributed by atoms with E-state index in [1.807, 2.05) is 0 Å². The van der Waals surface area contributed by atoms with E-state index in [2.05, 4.69) is 5.32 Å². The van der Waals surface area contributed by atoms with Crippen molar-refractivity contribution in [3.8, 4) is 5.75 Å². The van der Waals surface area contributed by atoms with Crippen LogP contribution < -0.4 is 16.6 Å². The third kappa shape index (κ3) is 1.76. The minimum absolute atomic E-state index is 0.0224. The predicted octanol–water partition coefficient (Wildman–Crippen LogP) is 0.288. The van der Waals surface area contributed by atoms with Crippen molar-refractivity contribution < 1.29 is 5.11 Å². The predicted molar refractivity (Wildman–Crippen MR) is 71.4 cm³/mol. The first-order chi connectivity index (χ1) is 9.09. The molecule has 1 aromatic heterocycles. The Bertz CT molecular complexity index is 754. The van der Waals surface area contributed by atoms with Crippen molar-refractivity contribution in [2.45, 2.75) is 19.0 Å². The largest absolute Gasteiger partial charge is 0.508 e. The van der Waals surface area contributed by atoms with Crippen LogP contribution in [0, 0.1) is 0 Å². The van der Waals surface area contributed by atoms with Gasteiger partial charge in [0.25, 0.3) is 5.56 Å². The molecule has 1 atom stereocenters. The zero-order valence-electron chi connectivity index (χ0n) is 10.6. The summed E-state index contributed by atoms with van der Waals surface area (Å²) in [7, 11) is 1.63. The summed E-state index contributed by atoms with van der Waals surface area (Å²) >= 11 is 0. The van der Waals surface area contributed by atoms with Crippen molar-refractivity contribution in [2.75, 3.05) is 6.54 Å². The molecule has 0 radical (unpaired) electrons. The van der Waals surface area contributed by atoms with Crippen molar-refractivity contribution in [1.29, 1.82) is 0 Å². The Morgan fingerprint density at radius 2 is 2.16 bits per heavy atom. The first kappa shape index (κ1) is 12.0. The molecule has 1 saturated heterocycles. The Hall–Kier alpha value is -2.08. The van der Waals surface area contributed by atoms with Gasteiger partial charge in [-0.25, -0.2) is 9.36 Å². The fourth-order valence-electron chi connectivity index (χ4n) is 2.63. The molecular weight excluding hydrogens is 246 g/mol. The van der Waals surface area contributed by atoms with Gasteiger partial charge < -0.3 is 5.11 Å². The standard InChI is InChI=1S/C13H15N3O3/c1-15-10-5-4-8(17)7-9(10)12(18)16(13(15)19)11-3-2-6-14-11/h4-5,7,11,14,17H,2-3,6H2,1H3. The number of aromatic nitrogens is 2. The van der Waals surface area contributed by atoms with Gasteiger partial charge in [-0.15, -0.1) is 0 Å². The molecule has 0 aliphatic carbocycles. The fraction of sp³-hybridized carbons (Fsp3) is 0.385. The molecule has 0 amide bonds. The fourth-order valence-corrected chi connectivity index (χ4v) is 2.63. The summed E-state index contributed by atoms with van der Waals surface area (Å²) in [4.78, 5) is 24.7. The maximum atomic E-state index is 12.4. The average Bonchev–Trinajstić information content (AvgIpc) is 2.90. The van der Waals surface area contributed by atoms with E-state index in [1.165, 1.54) is 21.3 Å². The van der Waals surface area contributed by atoms with Crippen molar-refractivity contribution in [3.63, 3.8) is 0 Å². The maximum Gasteiger partial charge on any atom is 0.332 e. The van der Waals surface area contributed by atoms with E-state index in [0.717, 1.165) is 19.4 Å². The van der Waals surface area contributed by atoms with E-state index in [-0.39, 0.29) is 23.2 Å². The maximum absolute atomic E-state index is 12.4. The van der Waals surface area contributed by atoms with Crippen LogP contribution in [0.15, 0.2) is 27.8 Å². The van der Waals surface area contributed by atoms with Crippen molar-refractivity contribution in [3.05, 3.63) is 39.0 Å². The second-order valence-corrected chi connectivity index (χ2v) is 4.83. The lowest BCUT2D eigenvalue weighted by Crippen LogP contribution is -2.44. The Labute approximate surface area is 108 Å². The summed E-state index contributed by atoms with van der Waals surface area (Å²) < 4.78 is 2.69. The van der Waals surface area contributed by atoms with Gasteiger partial charge in [-0.05, 0) is 37.6 Å². The van der Waals surface area contributed by atoms with E-state index in [1.54, 1.807) is 13.1 Å². The van der Waals surface area contributed by atoms with Gasteiger partial charge in [-0.3, -0.25) is 14.7 Å². The minimum Gasteiger partial charge on any atom is -0.508 e. The topological polar surface area (TPSA) is 76.3 Å². The van der Waals surface area contributed by atoms with E-state index in [0.29, 0.717) is 10.9 Å². The lowest BCUT2D eigenvalue weighted by Gasteiger charge is -2.16. The van der Waals surface area contributed by atoms with Crippen LogP contribution in [0.1, 0.15) is 19.0 Å². The molecule has 1 aliphatic heterocycles. The Morgan fingerprint density at radius 1 is 1.37 bits per heavy atom. The third-order valence-corrected chi connectivity index (χ3v) is 3.63. The highest BCUT2D eigenvalue weighted by Crippen LogP contribution is 2.17. The molecule has 0 saturated carbocycles. The number of benzene rings is 1. The van der Waals surface area contributed by atoms with Gasteiger partial charge in [-0.1, -0.05) is 0 Å². The molecule has 2 aromatic rings. The molecule has 6 nitrogen and oxygen atoms in total. The first-order valence-electron chi connectivity index (χ1n) is 6.27. The van der Waals surface area contributed by atoms with Crippen LogP contribution in [0.5, 0.6) is 5.75 Å². The molecule has 0 bridgehead atoms. The lowest BCUT2D eigenvalue weighted by molar-refractivity contribution is 0.429. The van der Waals surface area contributed by atoms with Crippen LogP contribution in [0.4, 0.5) is 0 Å². The molecule has 3 rings (SSSR count). The van der Waals surface area contributed by atoms with E-state index < -0.39 is 0 Å². The molecule has 1 fully saturated rings. The van der Waals surface area contributed by atoms with Gasteiger partial charge in [0.15, 0.2) is 0 Å². The highest BCUT2D eigenvalue weighted by Gasteiger charge is 2.22. The molecule has 2 N–H and O–H groups in total. The highest BCUT2D eigenvalue weighted by molar-refractivity contribution is 5.79. The SMILES string of the molecule is Cn1c(=O)n(C2CCCN2)c(=O)c2cc(O)ccc21. The average molecular weight is 261 g/mol. The molecular formula is C13H15N3O3. The molecule has 6 heteroatoms. The minimum atomic E-state index is -0.353. The molecule has 1 aromatic carbocycles. The van der Waals surface area contributed by atoms with Gasteiger partial charge in [0.1, 0.15) is 5.75 Å². The highest BCUT2D eigenvalue weighted by atomic mass is 16.3. The van der Waals surface area contributed by atoms with Gasteiger partial charge in [0.05, 0.1) is 17.1 Å². The van der Waals surface area contributed by atoms with Crippen molar-refractivity contribution >= 4 is 10.9 Å². The zero-order chi connectivity index (χ0) is 13.6. The summed E-state index contributed by atoms with van der Waals surface area (Å²) in [5, 5.41) is 13.0. The van der Waals surface area contributed by atoms with Crippen LogP contribution in [0.25, 0.3) is 10.9 Å². The molecule has 0 spiro atoms. The summed E-state index contributed by atoms with van der Waals surface area (Å²) in [6.07, 6.45) is 1.45. The second-order valence-electron chi connectivity index (χ2n) is 4.83. The summed E-state index contributed by atoms with van der Waals surface area (Å²) in [5.41, 5.74) is -0.155. The molecule has 2 heterocycles. The summed E-state index contributed by atoms with van der Waals surface area (Å²) in [6, 6.07) is 4.46. The normalized spacial score (nSPS) is 19.1. The number of fused-ring (bicyclic) bond motifs is 1. The van der Waals surface area contributed by atoms with Crippen LogP contribution in [0.3, 0.4) is 0 Å². The molecule has 1 unspecified atom stereocenters. The van der Waals surface area contributed by atoms with E-state index >= 15 is 0 Å². The Kier molecular flexibility index (Phi) is 2.67. The monoisotopic (exact) mass is 261 g/mol. The smallest absolute Gasteiger partial charge is 0.332 e. The Balaban J connectivity index is 2.39. The van der Waals surface area contributed by atoms with Crippen LogP contribution >= 0.6 is 0 Å². The summed E-state index contributed by atoms with van der Waals surface area (Å²) in [6.45, 7) is 0.804. The number of aryl methyl sites for hydroxylation is 1. The zero-order valence-corrected chi connectivity index (χ0v) is 10.6. The van der Waals surface area contributed by atoms with Crippen molar-refractivity contribution in [1.82, 2.24) is 14.5 Å². The van der Waals surface area contributed by atoms with E-state index in [4.69, 9.17) is 0 Å². The number of hydrogen-bond acceptors (Lipinski definition) is 4. The second kappa shape index (κ2) is 4.24. The van der Waals surface area contributed by atoms with Crippen molar-refractivity contribution in [2.24, 2.45) is 7.05 Å². The van der Waals surface area contributed by atoms with Gasteiger partial charge in [0, 0.05) is 7.05 Å². The van der Waals surface area contributed by atoms with Crippen LogP contribution in [-0.4, -0.2) is 20.8 Å². The number of nitrogens with zero attached hydrogens (tertiary/aromatic N) is 2. The number of rotatable bonds is 1. The van der Waals surface area contributed by atoms with Gasteiger partial charge in [0.2, 0.25) is 0 Å². The number of hydrogen-bond donors (Lipinski definition) is 2. The Morgan fingerprint density at radius 3 is 2.84 bits per heavy atom. The number of aromatic hydroxyl groups is 1. The summed E-state index contributed by atoms with van der Waals surface area (Å²) in [5.74, 6) is 0.0224. The molecule has 100 valence electrons. The number of phenolic OH excluding ortho intramolecular Hbond substituents is 1. The quantitative estimate of drug-likeness (QED) is 0.773. The molecule has 19 heavy (non-hydrogen) atoms. The number of phenols is 1. The van der Waals surface area contributed by atoms with Gasteiger partial charge in [-0.2, -0.15) is 0 Å². The molecule has 1 aliphatic rings. The lowest BCUT2D eigenvalue weighted by atomic mass is 10.2. The third-order valence-electron chi connectivity index (χ3n) is 3.63. The van der Waals surface area contributed by atoms with E-state index in [9.17, 15) is 14.7 Å². The van der Waals surface area contributed by atoms with Crippen LogP contribution in [0.2, 0.25) is 0 Å². The van der Waals surface area contributed by atoms with Crippen LogP contribution in [-0.2, 0) is 7.05 Å².